The van der Waals surface area contributed by atoms with Crippen LogP contribution in [0.25, 0.3) is 0 Å². The highest BCUT2D eigenvalue weighted by molar-refractivity contribution is 6.30. The highest BCUT2D eigenvalue weighted by Crippen LogP contribution is 2.31. The molecule has 7 heteroatoms. The first-order valence-electron chi connectivity index (χ1n) is 12.7. The Morgan fingerprint density at radius 2 is 1.62 bits per heavy atom. The Kier molecular flexibility index (Phi) is 9.07. The summed E-state index contributed by atoms with van der Waals surface area (Å²) in [6.07, 6.45) is 1.18. The van der Waals surface area contributed by atoms with E-state index in [9.17, 15) is 9.59 Å². The molecule has 1 N–H and O–H groups in total. The predicted molar refractivity (Wildman–Crippen MR) is 145 cm³/mol. The van der Waals surface area contributed by atoms with Crippen molar-refractivity contribution in [3.05, 3.63) is 94.5 Å². The molecule has 4 rings (SSSR count). The zero-order chi connectivity index (χ0) is 26.2. The van der Waals surface area contributed by atoms with Gasteiger partial charge in [-0.15, -0.1) is 0 Å². The highest BCUT2D eigenvalue weighted by Gasteiger charge is 2.30. The highest BCUT2D eigenvalue weighted by atomic mass is 35.5. The lowest BCUT2D eigenvalue weighted by atomic mass is 10.0. The summed E-state index contributed by atoms with van der Waals surface area (Å²) in [5.74, 6) is 1.14. The fourth-order valence-electron chi connectivity index (χ4n) is 4.40. The topological polar surface area (TPSA) is 67.9 Å². The monoisotopic (exact) mass is 520 g/mol. The molecule has 3 aromatic carbocycles. The van der Waals surface area contributed by atoms with E-state index in [1.807, 2.05) is 80.6 Å². The summed E-state index contributed by atoms with van der Waals surface area (Å²) < 4.78 is 11.3. The Hall–Kier alpha value is -3.51. The second-order valence-electron chi connectivity index (χ2n) is 9.50. The minimum absolute atomic E-state index is 0.0494. The standard InChI is InChI=1S/C30H33ClN2O4/c1-21(2)32-30(35)26(18-22-7-4-3-5-8-22)33(20-24-9-6-10-25(31)17-24)29(34)14-12-23-11-13-27-28(19-23)37-16-15-36-27/h3-11,13,17,19,21,26H,12,14-16,18,20H2,1-2H3,(H,32,35)/t26-/m1/s1. The minimum atomic E-state index is -0.670. The van der Waals surface area contributed by atoms with Crippen LogP contribution in [0.5, 0.6) is 11.5 Å². The molecule has 37 heavy (non-hydrogen) atoms. The molecule has 1 aliphatic rings. The number of carbonyl (C=O) groups is 2. The van der Waals surface area contributed by atoms with Crippen LogP contribution in [0.1, 0.15) is 37.0 Å². The lowest BCUT2D eigenvalue weighted by molar-refractivity contribution is -0.141. The van der Waals surface area contributed by atoms with Crippen molar-refractivity contribution in [3.63, 3.8) is 0 Å². The van der Waals surface area contributed by atoms with E-state index in [1.54, 1.807) is 11.0 Å². The number of rotatable bonds is 10. The summed E-state index contributed by atoms with van der Waals surface area (Å²) in [4.78, 5) is 28.9. The van der Waals surface area contributed by atoms with Gasteiger partial charge in [0.05, 0.1) is 0 Å². The summed E-state index contributed by atoms with van der Waals surface area (Å²) in [6.45, 7) is 5.16. The third-order valence-corrected chi connectivity index (χ3v) is 6.41. The second kappa shape index (κ2) is 12.6. The zero-order valence-corrected chi connectivity index (χ0v) is 22.0. The molecule has 0 unspecified atom stereocenters. The molecule has 0 fully saturated rings. The van der Waals surface area contributed by atoms with Crippen LogP contribution >= 0.6 is 11.6 Å². The predicted octanol–water partition coefficient (Wildman–Crippen LogP) is 5.21. The van der Waals surface area contributed by atoms with Gasteiger partial charge in [0.2, 0.25) is 11.8 Å². The molecule has 6 nitrogen and oxygen atoms in total. The molecular weight excluding hydrogens is 488 g/mol. The number of aryl methyl sites for hydroxylation is 1. The van der Waals surface area contributed by atoms with Gasteiger partial charge >= 0.3 is 0 Å². The molecular formula is C30H33ClN2O4. The lowest BCUT2D eigenvalue weighted by Crippen LogP contribution is -2.51. The summed E-state index contributed by atoms with van der Waals surface area (Å²) in [6, 6.07) is 22.2. The maximum atomic E-state index is 13.8. The molecule has 2 amide bonds. The van der Waals surface area contributed by atoms with E-state index in [2.05, 4.69) is 5.32 Å². The van der Waals surface area contributed by atoms with Crippen LogP contribution in [0.15, 0.2) is 72.8 Å². The molecule has 0 saturated carbocycles. The van der Waals surface area contributed by atoms with Crippen molar-refractivity contribution in [3.8, 4) is 11.5 Å². The Bertz CT molecular complexity index is 1220. The lowest BCUT2D eigenvalue weighted by Gasteiger charge is -2.32. The van der Waals surface area contributed by atoms with E-state index in [4.69, 9.17) is 21.1 Å². The summed E-state index contributed by atoms with van der Waals surface area (Å²) in [5, 5.41) is 3.60. The van der Waals surface area contributed by atoms with Gasteiger partial charge in [0.25, 0.3) is 0 Å². The molecule has 1 aliphatic heterocycles. The number of carbonyl (C=O) groups excluding carboxylic acids is 2. The van der Waals surface area contributed by atoms with Crippen molar-refractivity contribution in [1.29, 1.82) is 0 Å². The quantitative estimate of drug-likeness (QED) is 0.398. The second-order valence-corrected chi connectivity index (χ2v) is 9.93. The summed E-state index contributed by atoms with van der Waals surface area (Å²) in [5.41, 5.74) is 2.84. The van der Waals surface area contributed by atoms with Crippen LogP contribution in [-0.4, -0.2) is 42.0 Å². The van der Waals surface area contributed by atoms with Crippen LogP contribution in [0.4, 0.5) is 0 Å². The van der Waals surface area contributed by atoms with Crippen LogP contribution in [-0.2, 0) is 29.0 Å². The number of benzene rings is 3. The molecule has 0 aliphatic carbocycles. The number of hydrogen-bond donors (Lipinski definition) is 1. The van der Waals surface area contributed by atoms with Gasteiger partial charge in [-0.1, -0.05) is 60.1 Å². The number of ether oxygens (including phenoxy) is 2. The van der Waals surface area contributed by atoms with Gasteiger partial charge in [-0.3, -0.25) is 9.59 Å². The van der Waals surface area contributed by atoms with Crippen molar-refractivity contribution in [2.75, 3.05) is 13.2 Å². The maximum absolute atomic E-state index is 13.8. The maximum Gasteiger partial charge on any atom is 0.243 e. The van der Waals surface area contributed by atoms with Gasteiger partial charge in [-0.2, -0.15) is 0 Å². The van der Waals surface area contributed by atoms with Crippen LogP contribution in [0, 0.1) is 0 Å². The largest absolute Gasteiger partial charge is 0.486 e. The number of halogens is 1. The van der Waals surface area contributed by atoms with E-state index in [1.165, 1.54) is 0 Å². The minimum Gasteiger partial charge on any atom is -0.486 e. The molecule has 0 radical (unpaired) electrons. The third kappa shape index (κ3) is 7.49. The van der Waals surface area contributed by atoms with Gasteiger partial charge < -0.3 is 19.7 Å². The fraction of sp³-hybridized carbons (Fsp3) is 0.333. The van der Waals surface area contributed by atoms with E-state index < -0.39 is 6.04 Å². The van der Waals surface area contributed by atoms with E-state index in [0.717, 1.165) is 22.4 Å². The smallest absolute Gasteiger partial charge is 0.243 e. The third-order valence-electron chi connectivity index (χ3n) is 6.18. The Balaban J connectivity index is 1.59. The van der Waals surface area contributed by atoms with Crippen molar-refractivity contribution < 1.29 is 19.1 Å². The molecule has 0 saturated heterocycles. The molecule has 1 heterocycles. The van der Waals surface area contributed by atoms with Gasteiger partial charge in [0.1, 0.15) is 19.3 Å². The van der Waals surface area contributed by atoms with Gasteiger partial charge in [-0.25, -0.2) is 0 Å². The molecule has 3 aromatic rings. The van der Waals surface area contributed by atoms with Gasteiger partial charge in [0, 0.05) is 30.5 Å². The first-order valence-corrected chi connectivity index (χ1v) is 13.0. The van der Waals surface area contributed by atoms with Crippen molar-refractivity contribution in [2.24, 2.45) is 0 Å². The van der Waals surface area contributed by atoms with Crippen molar-refractivity contribution >= 4 is 23.4 Å². The van der Waals surface area contributed by atoms with E-state index >= 15 is 0 Å². The summed E-state index contributed by atoms with van der Waals surface area (Å²) in [7, 11) is 0. The molecule has 194 valence electrons. The summed E-state index contributed by atoms with van der Waals surface area (Å²) >= 11 is 6.24. The number of nitrogens with one attached hydrogen (secondary N) is 1. The SMILES string of the molecule is CC(C)NC(=O)[C@@H](Cc1ccccc1)N(Cc1cccc(Cl)c1)C(=O)CCc1ccc2c(c1)OCCO2. The van der Waals surface area contributed by atoms with E-state index in [0.29, 0.717) is 36.8 Å². The van der Waals surface area contributed by atoms with Crippen LogP contribution < -0.4 is 14.8 Å². The Labute approximate surface area is 223 Å². The van der Waals surface area contributed by atoms with Gasteiger partial charge in [-0.05, 0) is 61.2 Å². The normalized spacial score (nSPS) is 13.2. The molecule has 0 spiro atoms. The fourth-order valence-corrected chi connectivity index (χ4v) is 4.62. The number of hydrogen-bond acceptors (Lipinski definition) is 4. The van der Waals surface area contributed by atoms with Crippen molar-refractivity contribution in [1.82, 2.24) is 10.2 Å². The average molecular weight is 521 g/mol. The molecule has 0 aromatic heterocycles. The molecule has 1 atom stereocenters. The number of amides is 2. The first-order chi connectivity index (χ1) is 17.9. The Morgan fingerprint density at radius 3 is 2.35 bits per heavy atom. The van der Waals surface area contributed by atoms with Gasteiger partial charge in [0.15, 0.2) is 11.5 Å². The Morgan fingerprint density at radius 1 is 0.892 bits per heavy atom. The zero-order valence-electron chi connectivity index (χ0n) is 21.3. The van der Waals surface area contributed by atoms with E-state index in [-0.39, 0.29) is 30.8 Å². The molecule has 0 bridgehead atoms. The number of fused-ring (bicyclic) bond motifs is 1. The van der Waals surface area contributed by atoms with Crippen molar-refractivity contribution in [2.45, 2.75) is 51.7 Å². The van der Waals surface area contributed by atoms with Crippen LogP contribution in [0.2, 0.25) is 5.02 Å². The first kappa shape index (κ1) is 26.6. The number of nitrogens with zero attached hydrogens (tertiary/aromatic N) is 1. The van der Waals surface area contributed by atoms with Crippen LogP contribution in [0.3, 0.4) is 0 Å². The average Bonchev–Trinajstić information content (AvgIpc) is 2.89.